The molecule has 0 amide bonds. The minimum absolute atomic E-state index is 0.657. The van der Waals surface area contributed by atoms with Crippen molar-refractivity contribution < 1.29 is 0 Å². The molecule has 0 aliphatic heterocycles. The van der Waals surface area contributed by atoms with Crippen molar-refractivity contribution in [1.29, 1.82) is 0 Å². The first-order valence-corrected chi connectivity index (χ1v) is 10.0. The second kappa shape index (κ2) is 7.45. The third-order valence-electron chi connectivity index (χ3n) is 5.32. The molecule has 0 atom stereocenters. The Kier molecular flexibility index (Phi) is 4.49. The Labute approximate surface area is 175 Å². The lowest BCUT2D eigenvalue weighted by Crippen LogP contribution is -2.05. The van der Waals surface area contributed by atoms with Gasteiger partial charge in [0.2, 0.25) is 5.95 Å². The van der Waals surface area contributed by atoms with E-state index in [1.807, 2.05) is 61.5 Å². The Bertz CT molecular complexity index is 1410. The zero-order valence-electron chi connectivity index (χ0n) is 16.8. The summed E-state index contributed by atoms with van der Waals surface area (Å²) in [6.45, 7) is 6.08. The molecular formula is C27H21N3. The predicted molar refractivity (Wildman–Crippen MR) is 127 cm³/mol. The summed E-state index contributed by atoms with van der Waals surface area (Å²) in [7, 11) is 0. The number of allylic oxidation sites excluding steroid dienone is 1. The molecule has 0 aliphatic carbocycles. The number of rotatable bonds is 4. The monoisotopic (exact) mass is 387 g/mol. The van der Waals surface area contributed by atoms with Gasteiger partial charge < -0.3 is 0 Å². The first-order chi connectivity index (χ1) is 14.8. The summed E-state index contributed by atoms with van der Waals surface area (Å²) in [6.07, 6.45) is 6.04. The molecule has 0 spiro atoms. The van der Waals surface area contributed by atoms with Crippen LogP contribution in [-0.4, -0.2) is 14.5 Å². The maximum absolute atomic E-state index is 5.07. The predicted octanol–water partition coefficient (Wildman–Crippen LogP) is 6.92. The second-order valence-electron chi connectivity index (χ2n) is 7.11. The molecule has 0 saturated heterocycles. The molecule has 0 aliphatic rings. The molecule has 3 nitrogen and oxygen atoms in total. The highest BCUT2D eigenvalue weighted by Gasteiger charge is 2.18. The topological polar surface area (TPSA) is 30.7 Å². The summed E-state index contributed by atoms with van der Waals surface area (Å²) in [5, 5.41) is 2.18. The van der Waals surface area contributed by atoms with E-state index in [9.17, 15) is 0 Å². The Hall–Kier alpha value is -3.98. The van der Waals surface area contributed by atoms with Crippen LogP contribution in [0.25, 0.3) is 51.2 Å². The van der Waals surface area contributed by atoms with Gasteiger partial charge >= 0.3 is 0 Å². The van der Waals surface area contributed by atoms with Crippen molar-refractivity contribution in [3.05, 3.63) is 103 Å². The Morgan fingerprint density at radius 2 is 1.50 bits per heavy atom. The molecule has 2 aromatic heterocycles. The lowest BCUT2D eigenvalue weighted by Gasteiger charge is -2.12. The van der Waals surface area contributed by atoms with Gasteiger partial charge in [0.05, 0.1) is 22.4 Å². The molecule has 5 rings (SSSR count). The van der Waals surface area contributed by atoms with Gasteiger partial charge in [-0.15, -0.1) is 0 Å². The molecule has 3 heteroatoms. The summed E-state index contributed by atoms with van der Waals surface area (Å²) < 4.78 is 2.13. The number of benzene rings is 3. The molecule has 2 heterocycles. The summed E-state index contributed by atoms with van der Waals surface area (Å²) in [5.41, 5.74) is 6.11. The first-order valence-electron chi connectivity index (χ1n) is 10.0. The van der Waals surface area contributed by atoms with Crippen LogP contribution in [0.3, 0.4) is 0 Å². The van der Waals surface area contributed by atoms with Crippen molar-refractivity contribution in [3.8, 4) is 17.2 Å². The number of hydrogen-bond acceptors (Lipinski definition) is 2. The van der Waals surface area contributed by atoms with Crippen molar-refractivity contribution in [2.45, 2.75) is 6.92 Å². The smallest absolute Gasteiger partial charge is 0.235 e. The number of aromatic nitrogens is 3. The highest BCUT2D eigenvalue weighted by atomic mass is 15.2. The molecule has 0 radical (unpaired) electrons. The summed E-state index contributed by atoms with van der Waals surface area (Å²) in [4.78, 5) is 10.0. The van der Waals surface area contributed by atoms with Gasteiger partial charge in [-0.2, -0.15) is 0 Å². The van der Waals surface area contributed by atoms with E-state index in [0.717, 1.165) is 44.3 Å². The zero-order chi connectivity index (χ0) is 20.5. The average molecular weight is 387 g/mol. The van der Waals surface area contributed by atoms with E-state index in [-0.39, 0.29) is 0 Å². The fraction of sp³-hybridized carbons (Fsp3) is 0.0370. The van der Waals surface area contributed by atoms with Crippen LogP contribution in [0, 0.1) is 0 Å². The Morgan fingerprint density at radius 3 is 2.27 bits per heavy atom. The van der Waals surface area contributed by atoms with Gasteiger partial charge in [0.15, 0.2) is 0 Å². The van der Waals surface area contributed by atoms with E-state index < -0.39 is 0 Å². The number of fused-ring (bicyclic) bond motifs is 2. The minimum Gasteiger partial charge on any atom is -0.278 e. The van der Waals surface area contributed by atoms with Gasteiger partial charge in [0.25, 0.3) is 0 Å². The molecule has 0 fully saturated rings. The van der Waals surface area contributed by atoms with Crippen molar-refractivity contribution >= 4 is 34.0 Å². The van der Waals surface area contributed by atoms with E-state index in [4.69, 9.17) is 9.97 Å². The van der Waals surface area contributed by atoms with E-state index in [1.165, 1.54) is 0 Å². The molecule has 144 valence electrons. The van der Waals surface area contributed by atoms with Gasteiger partial charge in [0.1, 0.15) is 0 Å². The van der Waals surface area contributed by atoms with Gasteiger partial charge in [0, 0.05) is 21.9 Å². The van der Waals surface area contributed by atoms with Crippen LogP contribution in [0.15, 0.2) is 91.5 Å². The Morgan fingerprint density at radius 1 is 0.800 bits per heavy atom. The third-order valence-corrected chi connectivity index (χ3v) is 5.32. The lowest BCUT2D eigenvalue weighted by atomic mass is 10.1. The SMILES string of the molecule is C=Cc1c(/C=C\C)n(-c2nc(-c3ccccc3)c3ccccc3n2)c2ccccc12. The highest BCUT2D eigenvalue weighted by Crippen LogP contribution is 2.33. The van der Waals surface area contributed by atoms with Crippen LogP contribution in [0.5, 0.6) is 0 Å². The summed E-state index contributed by atoms with van der Waals surface area (Å²) >= 11 is 0. The van der Waals surface area contributed by atoms with Crippen LogP contribution in [-0.2, 0) is 0 Å². The Balaban J connectivity index is 1.91. The number of hydrogen-bond donors (Lipinski definition) is 0. The standard InChI is InChI=1S/C27H21N3/c1-3-12-24-20(4-2)21-15-9-11-18-25(21)30(24)27-28-23-17-10-8-16-22(23)26(29-27)19-13-6-5-7-14-19/h3-18H,2H2,1H3/b12-3-. The lowest BCUT2D eigenvalue weighted by molar-refractivity contribution is 0.972. The molecule has 3 aromatic carbocycles. The van der Waals surface area contributed by atoms with Gasteiger partial charge in [-0.1, -0.05) is 85.5 Å². The molecule has 0 N–H and O–H groups in total. The second-order valence-corrected chi connectivity index (χ2v) is 7.11. The maximum Gasteiger partial charge on any atom is 0.235 e. The van der Waals surface area contributed by atoms with Crippen LogP contribution in [0.2, 0.25) is 0 Å². The van der Waals surface area contributed by atoms with E-state index >= 15 is 0 Å². The quantitative estimate of drug-likeness (QED) is 0.335. The van der Waals surface area contributed by atoms with E-state index in [0.29, 0.717) is 5.95 Å². The van der Waals surface area contributed by atoms with Crippen molar-refractivity contribution in [2.75, 3.05) is 0 Å². The van der Waals surface area contributed by atoms with Crippen LogP contribution in [0.4, 0.5) is 0 Å². The van der Waals surface area contributed by atoms with Crippen molar-refractivity contribution in [3.63, 3.8) is 0 Å². The van der Waals surface area contributed by atoms with Crippen LogP contribution >= 0.6 is 0 Å². The summed E-state index contributed by atoms with van der Waals surface area (Å²) in [5.74, 6) is 0.657. The largest absolute Gasteiger partial charge is 0.278 e. The molecule has 5 aromatic rings. The molecule has 0 saturated carbocycles. The van der Waals surface area contributed by atoms with E-state index in [2.05, 4.69) is 53.6 Å². The molecule has 0 unspecified atom stereocenters. The third kappa shape index (κ3) is 2.83. The van der Waals surface area contributed by atoms with Crippen molar-refractivity contribution in [2.24, 2.45) is 0 Å². The zero-order valence-corrected chi connectivity index (χ0v) is 16.8. The fourth-order valence-electron chi connectivity index (χ4n) is 4.02. The van der Waals surface area contributed by atoms with Gasteiger partial charge in [-0.05, 0) is 25.1 Å². The maximum atomic E-state index is 5.07. The molecule has 30 heavy (non-hydrogen) atoms. The van der Waals surface area contributed by atoms with Crippen LogP contribution < -0.4 is 0 Å². The summed E-state index contributed by atoms with van der Waals surface area (Å²) in [6, 6.07) is 26.8. The van der Waals surface area contributed by atoms with Crippen molar-refractivity contribution in [1.82, 2.24) is 14.5 Å². The molecule has 0 bridgehead atoms. The first kappa shape index (κ1) is 18.1. The van der Waals surface area contributed by atoms with Crippen LogP contribution in [0.1, 0.15) is 18.2 Å². The van der Waals surface area contributed by atoms with E-state index in [1.54, 1.807) is 0 Å². The average Bonchev–Trinajstić information content (AvgIpc) is 3.12. The highest BCUT2D eigenvalue weighted by molar-refractivity contribution is 5.96. The van der Waals surface area contributed by atoms with Gasteiger partial charge in [-0.3, -0.25) is 4.57 Å². The fourth-order valence-corrected chi connectivity index (χ4v) is 4.02. The van der Waals surface area contributed by atoms with Gasteiger partial charge in [-0.25, -0.2) is 9.97 Å². The number of para-hydroxylation sites is 2. The minimum atomic E-state index is 0.657. The normalized spacial score (nSPS) is 11.5. The number of nitrogens with zero attached hydrogens (tertiary/aromatic N) is 3. The molecular weight excluding hydrogens is 366 g/mol.